The molecule has 3 nitrogen and oxygen atoms in total. The van der Waals surface area contributed by atoms with Crippen LogP contribution in [0.3, 0.4) is 0 Å². The number of benzene rings is 1. The van der Waals surface area contributed by atoms with E-state index in [2.05, 4.69) is 5.32 Å². The van der Waals surface area contributed by atoms with Gasteiger partial charge in [0.1, 0.15) is 0 Å². The van der Waals surface area contributed by atoms with Crippen molar-refractivity contribution in [1.29, 1.82) is 0 Å². The minimum absolute atomic E-state index is 0.0229. The zero-order chi connectivity index (χ0) is 14.8. The van der Waals surface area contributed by atoms with Crippen molar-refractivity contribution in [1.82, 2.24) is 5.32 Å². The molecule has 20 heavy (non-hydrogen) atoms. The maximum Gasteiger partial charge on any atom is 0.233 e. The van der Waals surface area contributed by atoms with E-state index in [0.29, 0.717) is 17.5 Å². The highest BCUT2D eigenvalue weighted by atomic mass is 35.5. The van der Waals surface area contributed by atoms with Crippen molar-refractivity contribution in [2.45, 2.75) is 42.4 Å². The number of halogens is 1. The fourth-order valence-electron chi connectivity index (χ4n) is 2.21. The third-order valence-electron chi connectivity index (χ3n) is 3.82. The smallest absolute Gasteiger partial charge is 0.233 e. The lowest BCUT2D eigenvalue weighted by Crippen LogP contribution is -2.54. The normalized spacial score (nSPS) is 19.2. The van der Waals surface area contributed by atoms with Crippen LogP contribution in [0.25, 0.3) is 0 Å². The second-order valence-electron chi connectivity index (χ2n) is 5.58. The molecule has 1 aliphatic carbocycles. The molecule has 1 amide bonds. The Morgan fingerprint density at radius 3 is 2.75 bits per heavy atom. The quantitative estimate of drug-likeness (QED) is 0.794. The maximum absolute atomic E-state index is 12.3. The minimum Gasteiger partial charge on any atom is -0.348 e. The molecule has 0 bridgehead atoms. The van der Waals surface area contributed by atoms with Gasteiger partial charge in [0, 0.05) is 11.4 Å². The third kappa shape index (κ3) is 3.68. The summed E-state index contributed by atoms with van der Waals surface area (Å²) in [5, 5.41) is 3.60. The summed E-state index contributed by atoms with van der Waals surface area (Å²) in [5.74, 6) is 0.545. The Balaban J connectivity index is 1.97. The van der Waals surface area contributed by atoms with Crippen molar-refractivity contribution in [3.8, 4) is 0 Å². The Hall–Kier alpha value is -0.710. The zero-order valence-corrected chi connectivity index (χ0v) is 13.4. The molecule has 110 valence electrons. The fraction of sp³-hybridized carbons (Fsp3) is 0.533. The Bertz CT molecular complexity index is 493. The summed E-state index contributed by atoms with van der Waals surface area (Å²) >= 11 is 7.60. The summed E-state index contributed by atoms with van der Waals surface area (Å²) in [6, 6.07) is 7.57. The molecule has 3 N–H and O–H groups in total. The molecule has 0 spiro atoms. The van der Waals surface area contributed by atoms with Crippen molar-refractivity contribution in [2.75, 3.05) is 6.54 Å². The van der Waals surface area contributed by atoms with Gasteiger partial charge in [0.2, 0.25) is 5.91 Å². The Kier molecular flexibility index (Phi) is 4.99. The van der Waals surface area contributed by atoms with Crippen LogP contribution < -0.4 is 11.1 Å². The fourth-order valence-corrected chi connectivity index (χ4v) is 3.36. The highest BCUT2D eigenvalue weighted by Gasteiger charge is 2.42. The zero-order valence-electron chi connectivity index (χ0n) is 11.9. The van der Waals surface area contributed by atoms with Gasteiger partial charge in [0.15, 0.2) is 0 Å². The molecule has 1 fully saturated rings. The Morgan fingerprint density at radius 2 is 2.20 bits per heavy atom. The van der Waals surface area contributed by atoms with Crippen LogP contribution in [0.4, 0.5) is 0 Å². The van der Waals surface area contributed by atoms with Gasteiger partial charge in [-0.25, -0.2) is 0 Å². The van der Waals surface area contributed by atoms with Gasteiger partial charge in [-0.3, -0.25) is 4.79 Å². The van der Waals surface area contributed by atoms with Gasteiger partial charge in [-0.05, 0) is 44.7 Å². The van der Waals surface area contributed by atoms with Gasteiger partial charge in [-0.15, -0.1) is 11.8 Å². The molecule has 5 heteroatoms. The molecule has 1 aromatic rings. The monoisotopic (exact) mass is 312 g/mol. The first kappa shape index (κ1) is 15.7. The van der Waals surface area contributed by atoms with E-state index in [9.17, 15) is 4.79 Å². The van der Waals surface area contributed by atoms with Crippen LogP contribution in [0.15, 0.2) is 29.2 Å². The van der Waals surface area contributed by atoms with Crippen LogP contribution in [0, 0.1) is 5.92 Å². The van der Waals surface area contributed by atoms with Crippen LogP contribution >= 0.6 is 23.4 Å². The van der Waals surface area contributed by atoms with Crippen LogP contribution in [0.2, 0.25) is 5.02 Å². The second kappa shape index (κ2) is 6.37. The highest BCUT2D eigenvalue weighted by Crippen LogP contribution is 2.39. The van der Waals surface area contributed by atoms with Gasteiger partial charge >= 0.3 is 0 Å². The summed E-state index contributed by atoms with van der Waals surface area (Å²) in [5.41, 5.74) is 5.56. The predicted molar refractivity (Wildman–Crippen MR) is 85.1 cm³/mol. The molecule has 1 aromatic carbocycles. The predicted octanol–water partition coefficient (Wildman–Crippen LogP) is 3.06. The molecular formula is C15H21ClN2OS. The third-order valence-corrected chi connectivity index (χ3v) is 5.44. The van der Waals surface area contributed by atoms with Crippen LogP contribution in [0.1, 0.15) is 26.7 Å². The van der Waals surface area contributed by atoms with Crippen LogP contribution in [0.5, 0.6) is 0 Å². The standard InChI is InChI=1S/C15H21ClN2OS/c1-10(20-13-6-4-3-5-12(13)16)14(19)18-15(2,9-17)11-7-8-11/h3-6,10-11H,7-9,17H2,1-2H3,(H,18,19). The van der Waals surface area contributed by atoms with E-state index >= 15 is 0 Å². The summed E-state index contributed by atoms with van der Waals surface area (Å²) in [6.45, 7) is 4.41. The summed E-state index contributed by atoms with van der Waals surface area (Å²) in [6.07, 6.45) is 2.31. The molecule has 0 saturated heterocycles. The van der Waals surface area contributed by atoms with Crippen LogP contribution in [-0.4, -0.2) is 23.2 Å². The van der Waals surface area contributed by atoms with E-state index in [1.807, 2.05) is 38.1 Å². The molecular weight excluding hydrogens is 292 g/mol. The number of thioether (sulfide) groups is 1. The van der Waals surface area contributed by atoms with Crippen molar-refractivity contribution in [3.63, 3.8) is 0 Å². The van der Waals surface area contributed by atoms with Crippen molar-refractivity contribution in [3.05, 3.63) is 29.3 Å². The first-order valence-electron chi connectivity index (χ1n) is 6.89. The van der Waals surface area contributed by atoms with Gasteiger partial charge in [0.05, 0.1) is 15.8 Å². The van der Waals surface area contributed by atoms with Crippen molar-refractivity contribution >= 4 is 29.3 Å². The van der Waals surface area contributed by atoms with E-state index in [0.717, 1.165) is 17.7 Å². The first-order valence-corrected chi connectivity index (χ1v) is 8.15. The molecule has 0 aliphatic heterocycles. The molecule has 0 aromatic heterocycles. The van der Waals surface area contributed by atoms with E-state index in [-0.39, 0.29) is 16.7 Å². The molecule has 2 unspecified atom stereocenters. The minimum atomic E-state index is -0.271. The molecule has 2 rings (SSSR count). The molecule has 0 heterocycles. The van der Waals surface area contributed by atoms with Gasteiger partial charge in [-0.2, -0.15) is 0 Å². The largest absolute Gasteiger partial charge is 0.348 e. The SMILES string of the molecule is CC(Sc1ccccc1Cl)C(=O)NC(C)(CN)C1CC1. The Morgan fingerprint density at radius 1 is 1.55 bits per heavy atom. The summed E-state index contributed by atoms with van der Waals surface area (Å²) in [4.78, 5) is 13.3. The van der Waals surface area contributed by atoms with Gasteiger partial charge in [-0.1, -0.05) is 23.7 Å². The van der Waals surface area contributed by atoms with Crippen molar-refractivity contribution in [2.24, 2.45) is 11.7 Å². The van der Waals surface area contributed by atoms with E-state index in [1.165, 1.54) is 11.8 Å². The second-order valence-corrected chi connectivity index (χ2v) is 7.37. The highest BCUT2D eigenvalue weighted by molar-refractivity contribution is 8.00. The number of hydrogen-bond donors (Lipinski definition) is 2. The number of amides is 1. The average Bonchev–Trinajstić information content (AvgIpc) is 3.26. The number of nitrogens with one attached hydrogen (secondary N) is 1. The van der Waals surface area contributed by atoms with E-state index in [4.69, 9.17) is 17.3 Å². The molecule has 0 radical (unpaired) electrons. The lowest BCUT2D eigenvalue weighted by molar-refractivity contribution is -0.122. The molecule has 1 saturated carbocycles. The topological polar surface area (TPSA) is 55.1 Å². The number of carbonyl (C=O) groups is 1. The van der Waals surface area contributed by atoms with Crippen molar-refractivity contribution < 1.29 is 4.79 Å². The van der Waals surface area contributed by atoms with E-state index < -0.39 is 0 Å². The molecule has 1 aliphatic rings. The summed E-state index contributed by atoms with van der Waals surface area (Å²) in [7, 11) is 0. The van der Waals surface area contributed by atoms with E-state index in [1.54, 1.807) is 0 Å². The first-order chi connectivity index (χ1) is 9.46. The number of rotatable bonds is 6. The van der Waals surface area contributed by atoms with Gasteiger partial charge in [0.25, 0.3) is 0 Å². The maximum atomic E-state index is 12.3. The number of carbonyl (C=O) groups excluding carboxylic acids is 1. The van der Waals surface area contributed by atoms with Crippen LogP contribution in [-0.2, 0) is 4.79 Å². The lowest BCUT2D eigenvalue weighted by atomic mass is 9.96. The Labute approximate surface area is 129 Å². The molecule has 2 atom stereocenters. The average molecular weight is 313 g/mol. The van der Waals surface area contributed by atoms with Gasteiger partial charge < -0.3 is 11.1 Å². The lowest BCUT2D eigenvalue weighted by Gasteiger charge is -2.30. The summed E-state index contributed by atoms with van der Waals surface area (Å²) < 4.78 is 0. The number of nitrogens with two attached hydrogens (primary N) is 1. The number of hydrogen-bond acceptors (Lipinski definition) is 3.